The van der Waals surface area contributed by atoms with Crippen LogP contribution in [-0.2, 0) is 11.3 Å². The highest BCUT2D eigenvalue weighted by Crippen LogP contribution is 2.24. The van der Waals surface area contributed by atoms with Crippen LogP contribution in [0.15, 0.2) is 17.1 Å². The van der Waals surface area contributed by atoms with Gasteiger partial charge in [-0.3, -0.25) is 9.59 Å². The van der Waals surface area contributed by atoms with Gasteiger partial charge in [-0.1, -0.05) is 0 Å². The highest BCUT2D eigenvalue weighted by Gasteiger charge is 2.23. The van der Waals surface area contributed by atoms with Crippen molar-refractivity contribution in [2.45, 2.75) is 39.2 Å². The van der Waals surface area contributed by atoms with Gasteiger partial charge in [-0.2, -0.15) is 5.10 Å². The quantitative estimate of drug-likeness (QED) is 0.771. The fourth-order valence-electron chi connectivity index (χ4n) is 2.16. The molecule has 1 aromatic heterocycles. The van der Waals surface area contributed by atoms with Gasteiger partial charge < -0.3 is 0 Å². The third kappa shape index (κ3) is 2.38. The molecule has 1 saturated carbocycles. The van der Waals surface area contributed by atoms with E-state index in [9.17, 15) is 9.59 Å². The molecule has 1 unspecified atom stereocenters. The van der Waals surface area contributed by atoms with Crippen molar-refractivity contribution in [3.63, 3.8) is 0 Å². The predicted molar refractivity (Wildman–Crippen MR) is 60.2 cm³/mol. The lowest BCUT2D eigenvalue weighted by molar-refractivity contribution is -0.120. The van der Waals surface area contributed by atoms with Crippen molar-refractivity contribution >= 4 is 5.78 Å². The van der Waals surface area contributed by atoms with Gasteiger partial charge in [-0.25, -0.2) is 4.68 Å². The molecule has 86 valence electrons. The van der Waals surface area contributed by atoms with Crippen molar-refractivity contribution in [3.05, 3.63) is 28.2 Å². The molecule has 0 aliphatic heterocycles. The van der Waals surface area contributed by atoms with E-state index in [1.54, 1.807) is 12.3 Å². The van der Waals surface area contributed by atoms with Gasteiger partial charge in [0.1, 0.15) is 5.78 Å². The third-order valence-corrected chi connectivity index (χ3v) is 3.13. The second-order valence-electron chi connectivity index (χ2n) is 4.44. The van der Waals surface area contributed by atoms with Crippen LogP contribution < -0.4 is 5.56 Å². The maximum absolute atomic E-state index is 11.5. The molecule has 2 rings (SSSR count). The lowest BCUT2D eigenvalue weighted by Crippen LogP contribution is -2.24. The molecule has 0 amide bonds. The molecule has 1 atom stereocenters. The van der Waals surface area contributed by atoms with Crippen molar-refractivity contribution < 1.29 is 4.79 Å². The molecule has 1 aliphatic rings. The van der Waals surface area contributed by atoms with E-state index in [0.29, 0.717) is 18.7 Å². The number of nitrogens with zero attached hydrogens (tertiary/aromatic N) is 2. The number of aryl methyl sites for hydroxylation is 2. The minimum atomic E-state index is -0.0783. The Bertz CT molecular complexity index is 451. The first-order chi connectivity index (χ1) is 7.66. The molecule has 1 aliphatic carbocycles. The Morgan fingerprint density at radius 1 is 1.50 bits per heavy atom. The largest absolute Gasteiger partial charge is 0.299 e. The predicted octanol–water partition coefficient (Wildman–Crippen LogP) is 1.31. The standard InChI is InChI=1S/C12H16N2O2/c1-9-7-12(16)14(13-8-9)6-5-10-3-2-4-11(10)15/h7-8,10H,2-6H2,1H3. The average Bonchev–Trinajstić information content (AvgIpc) is 2.63. The van der Waals surface area contributed by atoms with Gasteiger partial charge in [0.25, 0.3) is 5.56 Å². The van der Waals surface area contributed by atoms with Crippen molar-refractivity contribution in [2.75, 3.05) is 0 Å². The van der Waals surface area contributed by atoms with Crippen LogP contribution in [-0.4, -0.2) is 15.6 Å². The average molecular weight is 220 g/mol. The lowest BCUT2D eigenvalue weighted by Gasteiger charge is -2.08. The van der Waals surface area contributed by atoms with Gasteiger partial charge in [-0.15, -0.1) is 0 Å². The zero-order chi connectivity index (χ0) is 11.5. The zero-order valence-corrected chi connectivity index (χ0v) is 9.48. The molecular weight excluding hydrogens is 204 g/mol. The number of Topliss-reactive ketones (excluding diaryl/α,β-unsaturated/α-hetero) is 1. The zero-order valence-electron chi connectivity index (χ0n) is 9.48. The first kappa shape index (κ1) is 11.0. The highest BCUT2D eigenvalue weighted by atomic mass is 16.1. The first-order valence-corrected chi connectivity index (χ1v) is 5.73. The third-order valence-electron chi connectivity index (χ3n) is 3.13. The molecule has 0 N–H and O–H groups in total. The van der Waals surface area contributed by atoms with E-state index in [-0.39, 0.29) is 11.5 Å². The van der Waals surface area contributed by atoms with E-state index >= 15 is 0 Å². The smallest absolute Gasteiger partial charge is 0.266 e. The van der Waals surface area contributed by atoms with E-state index in [4.69, 9.17) is 0 Å². The summed E-state index contributed by atoms with van der Waals surface area (Å²) in [4.78, 5) is 23.0. The normalized spacial score (nSPS) is 20.3. The van der Waals surface area contributed by atoms with Crippen LogP contribution >= 0.6 is 0 Å². The molecule has 0 bridgehead atoms. The van der Waals surface area contributed by atoms with Crippen LogP contribution in [0.1, 0.15) is 31.2 Å². The Kier molecular flexibility index (Phi) is 3.17. The van der Waals surface area contributed by atoms with Gasteiger partial charge in [-0.05, 0) is 31.7 Å². The van der Waals surface area contributed by atoms with Crippen molar-refractivity contribution in [1.29, 1.82) is 0 Å². The summed E-state index contributed by atoms with van der Waals surface area (Å²) in [7, 11) is 0. The number of ketones is 1. The molecule has 1 aromatic rings. The molecule has 1 fully saturated rings. The summed E-state index contributed by atoms with van der Waals surface area (Å²) in [5.74, 6) is 0.496. The summed E-state index contributed by atoms with van der Waals surface area (Å²) >= 11 is 0. The maximum Gasteiger partial charge on any atom is 0.266 e. The van der Waals surface area contributed by atoms with Gasteiger partial charge in [0.15, 0.2) is 0 Å². The van der Waals surface area contributed by atoms with Gasteiger partial charge in [0, 0.05) is 24.9 Å². The number of rotatable bonds is 3. The molecule has 16 heavy (non-hydrogen) atoms. The minimum absolute atomic E-state index is 0.0783. The van der Waals surface area contributed by atoms with Gasteiger partial charge in [0.05, 0.1) is 6.20 Å². The van der Waals surface area contributed by atoms with Crippen LogP contribution in [0.5, 0.6) is 0 Å². The summed E-state index contributed by atoms with van der Waals surface area (Å²) < 4.78 is 1.44. The monoisotopic (exact) mass is 220 g/mol. The molecule has 0 spiro atoms. The topological polar surface area (TPSA) is 52.0 Å². The second kappa shape index (κ2) is 4.60. The van der Waals surface area contributed by atoms with Crippen LogP contribution in [0.2, 0.25) is 0 Å². The highest BCUT2D eigenvalue weighted by molar-refractivity contribution is 5.82. The van der Waals surface area contributed by atoms with E-state index in [1.165, 1.54) is 4.68 Å². The molecule has 1 heterocycles. The van der Waals surface area contributed by atoms with Gasteiger partial charge in [0.2, 0.25) is 0 Å². The Balaban J connectivity index is 1.99. The van der Waals surface area contributed by atoms with Crippen LogP contribution in [0.4, 0.5) is 0 Å². The van der Waals surface area contributed by atoms with E-state index in [1.807, 2.05) is 6.92 Å². The molecule has 0 saturated heterocycles. The van der Waals surface area contributed by atoms with E-state index < -0.39 is 0 Å². The minimum Gasteiger partial charge on any atom is -0.299 e. The van der Waals surface area contributed by atoms with Crippen LogP contribution in [0.25, 0.3) is 0 Å². The maximum atomic E-state index is 11.5. The summed E-state index contributed by atoms with van der Waals surface area (Å²) in [6, 6.07) is 1.57. The Morgan fingerprint density at radius 2 is 2.31 bits per heavy atom. The van der Waals surface area contributed by atoms with Crippen LogP contribution in [0, 0.1) is 12.8 Å². The Morgan fingerprint density at radius 3 is 2.94 bits per heavy atom. The van der Waals surface area contributed by atoms with E-state index in [2.05, 4.69) is 5.10 Å². The summed E-state index contributed by atoms with van der Waals surface area (Å²) in [5, 5.41) is 4.06. The van der Waals surface area contributed by atoms with E-state index in [0.717, 1.165) is 24.8 Å². The first-order valence-electron chi connectivity index (χ1n) is 5.73. The fraction of sp³-hybridized carbons (Fsp3) is 0.583. The number of carbonyl (C=O) groups excluding carboxylic acids is 1. The molecular formula is C12H16N2O2. The van der Waals surface area contributed by atoms with Crippen molar-refractivity contribution in [1.82, 2.24) is 9.78 Å². The van der Waals surface area contributed by atoms with Crippen LogP contribution in [0.3, 0.4) is 0 Å². The van der Waals surface area contributed by atoms with Crippen molar-refractivity contribution in [3.8, 4) is 0 Å². The summed E-state index contributed by atoms with van der Waals surface area (Å²) in [6.07, 6.45) is 5.10. The number of carbonyl (C=O) groups is 1. The summed E-state index contributed by atoms with van der Waals surface area (Å²) in [5.41, 5.74) is 0.795. The molecule has 4 heteroatoms. The Labute approximate surface area is 94.3 Å². The molecule has 0 aromatic carbocycles. The van der Waals surface area contributed by atoms with Gasteiger partial charge >= 0.3 is 0 Å². The number of hydrogen-bond acceptors (Lipinski definition) is 3. The SMILES string of the molecule is Cc1cnn(CCC2CCCC2=O)c(=O)c1. The fourth-order valence-corrected chi connectivity index (χ4v) is 2.16. The number of hydrogen-bond donors (Lipinski definition) is 0. The second-order valence-corrected chi connectivity index (χ2v) is 4.44. The molecule has 4 nitrogen and oxygen atoms in total. The summed E-state index contributed by atoms with van der Waals surface area (Å²) in [6.45, 7) is 2.40. The Hall–Kier alpha value is -1.45. The molecule has 0 radical (unpaired) electrons. The number of aromatic nitrogens is 2. The lowest BCUT2D eigenvalue weighted by atomic mass is 10.0. The van der Waals surface area contributed by atoms with Crippen molar-refractivity contribution in [2.24, 2.45) is 5.92 Å².